The van der Waals surface area contributed by atoms with E-state index in [-0.39, 0.29) is 5.66 Å². The molecule has 1 unspecified atom stereocenters. The molecule has 0 aromatic heterocycles. The van der Waals surface area contributed by atoms with E-state index in [0.29, 0.717) is 12.8 Å². The lowest BCUT2D eigenvalue weighted by Gasteiger charge is -2.25. The first-order valence-electron chi connectivity index (χ1n) is 4.55. The molecule has 0 aliphatic heterocycles. The molecule has 0 heterocycles. The maximum Gasteiger partial charge on any atom is 0.313 e. The first kappa shape index (κ1) is 10.7. The van der Waals surface area contributed by atoms with E-state index in [9.17, 15) is 14.3 Å². The van der Waals surface area contributed by atoms with Gasteiger partial charge in [-0.2, -0.15) is 0 Å². The molecule has 0 bridgehead atoms. The highest BCUT2D eigenvalue weighted by Gasteiger charge is 2.33. The molecule has 4 nitrogen and oxygen atoms in total. The fourth-order valence-electron chi connectivity index (χ4n) is 1.81. The molecule has 5 heteroatoms. The van der Waals surface area contributed by atoms with Crippen LogP contribution in [0.25, 0.3) is 0 Å². The van der Waals surface area contributed by atoms with Gasteiger partial charge in [0.25, 0.3) is 0 Å². The summed E-state index contributed by atoms with van der Waals surface area (Å²) < 4.78 is 11.6. The third kappa shape index (κ3) is 3.12. The van der Waals surface area contributed by atoms with Crippen LogP contribution >= 0.6 is 7.37 Å². The molecular weight excluding hydrogens is 191 g/mol. The molecule has 1 aliphatic carbocycles. The minimum absolute atomic E-state index is 0.266. The third-order valence-electron chi connectivity index (χ3n) is 2.51. The Morgan fingerprint density at radius 2 is 1.85 bits per heavy atom. The fraction of sp³-hybridized carbons (Fsp3) is 0.875. The molecule has 13 heavy (non-hydrogen) atoms. The van der Waals surface area contributed by atoms with E-state index in [1.165, 1.54) is 0 Å². The average Bonchev–Trinajstić information content (AvgIpc) is 2.04. The summed E-state index contributed by atoms with van der Waals surface area (Å²) >= 11 is 0. The summed E-state index contributed by atoms with van der Waals surface area (Å²) in [4.78, 5) is 19.8. The van der Waals surface area contributed by atoms with E-state index in [4.69, 9.17) is 5.11 Å². The molecule has 0 spiro atoms. The summed E-state index contributed by atoms with van der Waals surface area (Å²) in [6.07, 6.45) is 3.85. The van der Waals surface area contributed by atoms with Crippen LogP contribution in [-0.2, 0) is 9.36 Å². The van der Waals surface area contributed by atoms with Gasteiger partial charge in [-0.1, -0.05) is 19.3 Å². The lowest BCUT2D eigenvalue weighted by atomic mass is 10.0. The molecule has 2 N–H and O–H groups in total. The Balaban J connectivity index is 2.56. The van der Waals surface area contributed by atoms with Gasteiger partial charge < -0.3 is 10.00 Å². The second kappa shape index (κ2) is 4.25. The number of aliphatic carboxylic acids is 1. The molecule has 0 radical (unpaired) electrons. The maximum absolute atomic E-state index is 11.6. The highest BCUT2D eigenvalue weighted by atomic mass is 31.2. The SMILES string of the molecule is O=C(O)CP(=O)(O)C1CCCCC1. The molecule has 0 saturated heterocycles. The normalized spacial score (nSPS) is 23.8. The summed E-state index contributed by atoms with van der Waals surface area (Å²) in [5.41, 5.74) is -0.266. The van der Waals surface area contributed by atoms with E-state index in [1.54, 1.807) is 0 Å². The van der Waals surface area contributed by atoms with Crippen molar-refractivity contribution in [3.8, 4) is 0 Å². The molecule has 0 aromatic rings. The van der Waals surface area contributed by atoms with Gasteiger partial charge in [-0.25, -0.2) is 0 Å². The average molecular weight is 206 g/mol. The second-order valence-corrected chi connectivity index (χ2v) is 6.16. The van der Waals surface area contributed by atoms with Crippen molar-refractivity contribution in [3.63, 3.8) is 0 Å². The molecule has 1 atom stereocenters. The van der Waals surface area contributed by atoms with Crippen molar-refractivity contribution in [1.29, 1.82) is 0 Å². The van der Waals surface area contributed by atoms with Crippen LogP contribution in [0.15, 0.2) is 0 Å². The van der Waals surface area contributed by atoms with Crippen LogP contribution in [0.4, 0.5) is 0 Å². The van der Waals surface area contributed by atoms with Crippen LogP contribution in [0.3, 0.4) is 0 Å². The molecule has 76 valence electrons. The van der Waals surface area contributed by atoms with Gasteiger partial charge in [0.2, 0.25) is 7.37 Å². The first-order chi connectivity index (χ1) is 6.02. The van der Waals surface area contributed by atoms with Gasteiger partial charge in [-0.3, -0.25) is 9.36 Å². The van der Waals surface area contributed by atoms with Crippen LogP contribution in [0.2, 0.25) is 0 Å². The van der Waals surface area contributed by atoms with Crippen molar-refractivity contribution in [1.82, 2.24) is 0 Å². The Bertz CT molecular complexity index is 232. The number of hydrogen-bond donors (Lipinski definition) is 2. The molecule has 1 aliphatic rings. The molecule has 0 amide bonds. The van der Waals surface area contributed by atoms with Gasteiger partial charge in [-0.15, -0.1) is 0 Å². The molecule has 1 fully saturated rings. The predicted octanol–water partition coefficient (Wildman–Crippen LogP) is 1.67. The number of rotatable bonds is 3. The standard InChI is InChI=1S/C8H15O4P/c9-8(10)6-13(11,12)7-4-2-1-3-5-7/h7H,1-6H2,(H,9,10)(H,11,12). The number of carboxylic acids is 1. The van der Waals surface area contributed by atoms with E-state index in [0.717, 1.165) is 19.3 Å². The summed E-state index contributed by atoms with van der Waals surface area (Å²) in [6.45, 7) is 0. The van der Waals surface area contributed by atoms with Crippen molar-refractivity contribution >= 4 is 13.3 Å². The zero-order valence-corrected chi connectivity index (χ0v) is 8.37. The van der Waals surface area contributed by atoms with Crippen molar-refractivity contribution in [2.24, 2.45) is 0 Å². The van der Waals surface area contributed by atoms with Gasteiger partial charge in [0.05, 0.1) is 0 Å². The van der Waals surface area contributed by atoms with Crippen molar-refractivity contribution in [3.05, 3.63) is 0 Å². The highest BCUT2D eigenvalue weighted by Crippen LogP contribution is 2.51. The van der Waals surface area contributed by atoms with E-state index in [2.05, 4.69) is 0 Å². The summed E-state index contributed by atoms with van der Waals surface area (Å²) in [6, 6.07) is 0. The minimum Gasteiger partial charge on any atom is -0.481 e. The van der Waals surface area contributed by atoms with Crippen LogP contribution in [0.1, 0.15) is 32.1 Å². The first-order valence-corrected chi connectivity index (χ1v) is 6.47. The summed E-state index contributed by atoms with van der Waals surface area (Å²) in [5.74, 6) is -1.17. The minimum atomic E-state index is -3.42. The Hall–Kier alpha value is -0.340. The molecule has 1 rings (SSSR count). The van der Waals surface area contributed by atoms with Gasteiger partial charge in [0, 0.05) is 5.66 Å². The Kier molecular flexibility index (Phi) is 3.51. The van der Waals surface area contributed by atoms with E-state index in [1.807, 2.05) is 0 Å². The van der Waals surface area contributed by atoms with Gasteiger partial charge in [0.15, 0.2) is 0 Å². The monoisotopic (exact) mass is 206 g/mol. The van der Waals surface area contributed by atoms with Gasteiger partial charge >= 0.3 is 5.97 Å². The van der Waals surface area contributed by atoms with Crippen LogP contribution in [-0.4, -0.2) is 27.8 Å². The molecular formula is C8H15O4P. The molecule has 0 aromatic carbocycles. The van der Waals surface area contributed by atoms with Crippen LogP contribution in [0, 0.1) is 0 Å². The largest absolute Gasteiger partial charge is 0.481 e. The van der Waals surface area contributed by atoms with Gasteiger partial charge in [0.1, 0.15) is 6.16 Å². The quantitative estimate of drug-likeness (QED) is 0.689. The maximum atomic E-state index is 11.6. The summed E-state index contributed by atoms with van der Waals surface area (Å²) in [7, 11) is -3.42. The molecule has 1 saturated carbocycles. The lowest BCUT2D eigenvalue weighted by Crippen LogP contribution is -2.17. The summed E-state index contributed by atoms with van der Waals surface area (Å²) in [5, 5.41) is 8.45. The van der Waals surface area contributed by atoms with E-state index >= 15 is 0 Å². The van der Waals surface area contributed by atoms with Crippen molar-refractivity contribution in [2.45, 2.75) is 37.8 Å². The Morgan fingerprint density at radius 3 is 2.31 bits per heavy atom. The van der Waals surface area contributed by atoms with Gasteiger partial charge in [-0.05, 0) is 12.8 Å². The number of hydrogen-bond acceptors (Lipinski definition) is 2. The zero-order valence-electron chi connectivity index (χ0n) is 7.48. The number of carbonyl (C=O) groups is 1. The Labute approximate surface area is 77.4 Å². The number of carboxylic acid groups (broad SMARTS) is 1. The van der Waals surface area contributed by atoms with Crippen LogP contribution < -0.4 is 0 Å². The second-order valence-electron chi connectivity index (χ2n) is 3.60. The van der Waals surface area contributed by atoms with Crippen molar-refractivity contribution in [2.75, 3.05) is 6.16 Å². The predicted molar refractivity (Wildman–Crippen MR) is 49.2 cm³/mol. The Morgan fingerprint density at radius 1 is 1.31 bits per heavy atom. The fourth-order valence-corrected chi connectivity index (χ4v) is 3.63. The topological polar surface area (TPSA) is 74.6 Å². The van der Waals surface area contributed by atoms with Crippen LogP contribution in [0.5, 0.6) is 0 Å². The van der Waals surface area contributed by atoms with Crippen molar-refractivity contribution < 1.29 is 19.4 Å². The highest BCUT2D eigenvalue weighted by molar-refractivity contribution is 7.59. The third-order valence-corrected chi connectivity index (χ3v) is 4.89. The lowest BCUT2D eigenvalue weighted by molar-refractivity contribution is -0.134. The van der Waals surface area contributed by atoms with E-state index < -0.39 is 19.5 Å². The zero-order chi connectivity index (χ0) is 9.90. The smallest absolute Gasteiger partial charge is 0.313 e.